The molecule has 2 aromatic heterocycles. The van der Waals surface area contributed by atoms with Crippen LogP contribution >= 0.6 is 0 Å². The van der Waals surface area contributed by atoms with E-state index in [9.17, 15) is 24.3 Å². The number of rotatable bonds is 11. The molecular formula is C32H38N2O9. The second-order valence-corrected chi connectivity index (χ2v) is 11.1. The van der Waals surface area contributed by atoms with Crippen molar-refractivity contribution in [2.45, 2.75) is 54.1 Å². The normalized spacial score (nSPS) is 11.0. The summed E-state index contributed by atoms with van der Waals surface area (Å²) in [6.45, 7) is 8.70. The van der Waals surface area contributed by atoms with Crippen LogP contribution in [0.4, 0.5) is 0 Å². The zero-order valence-electron chi connectivity index (χ0n) is 25.5. The molecule has 0 aliphatic carbocycles. The summed E-state index contributed by atoms with van der Waals surface area (Å²) in [5, 5.41) is 18.6. The van der Waals surface area contributed by atoms with Gasteiger partial charge in [0.05, 0.1) is 31.2 Å². The Morgan fingerprint density at radius 2 is 1.28 bits per heavy atom. The molecule has 0 saturated carbocycles. The molecule has 0 radical (unpaired) electrons. The van der Waals surface area contributed by atoms with Gasteiger partial charge < -0.3 is 24.4 Å². The number of Topliss-reactive ketones (excluding diaryl/α,β-unsaturated/α-hetero) is 2. The van der Waals surface area contributed by atoms with Crippen LogP contribution in [0, 0.1) is 17.8 Å². The van der Waals surface area contributed by atoms with E-state index in [4.69, 9.17) is 14.6 Å². The third-order valence-corrected chi connectivity index (χ3v) is 6.29. The first-order valence-electron chi connectivity index (χ1n) is 13.4. The Labute approximate surface area is 250 Å². The van der Waals surface area contributed by atoms with Crippen molar-refractivity contribution in [2.75, 3.05) is 14.2 Å². The molecule has 3 aromatic rings. The van der Waals surface area contributed by atoms with E-state index in [1.807, 2.05) is 37.3 Å². The summed E-state index contributed by atoms with van der Waals surface area (Å²) in [5.74, 6) is -1.93. The first-order valence-corrected chi connectivity index (χ1v) is 13.4. The SMILES string of the molecule is COC(=O)C(C)(C)CC(=O)c1ncc(C)cc1OCc1ccccc1.COC(=O)C(C)(C)CC(=O)c1ncc(O)cc1O. The van der Waals surface area contributed by atoms with E-state index >= 15 is 0 Å². The Kier molecular flexibility index (Phi) is 11.9. The van der Waals surface area contributed by atoms with E-state index in [2.05, 4.69) is 14.7 Å². The molecule has 11 nitrogen and oxygen atoms in total. The number of esters is 2. The predicted molar refractivity (Wildman–Crippen MR) is 157 cm³/mol. The lowest BCUT2D eigenvalue weighted by Gasteiger charge is -2.20. The summed E-state index contributed by atoms with van der Waals surface area (Å²) in [6, 6.07) is 12.5. The molecule has 0 bridgehead atoms. The van der Waals surface area contributed by atoms with Gasteiger partial charge >= 0.3 is 11.9 Å². The van der Waals surface area contributed by atoms with Crippen LogP contribution < -0.4 is 4.74 Å². The maximum Gasteiger partial charge on any atom is 0.311 e. The van der Waals surface area contributed by atoms with Gasteiger partial charge in [-0.2, -0.15) is 0 Å². The molecule has 43 heavy (non-hydrogen) atoms. The van der Waals surface area contributed by atoms with E-state index in [1.165, 1.54) is 14.2 Å². The van der Waals surface area contributed by atoms with E-state index in [0.29, 0.717) is 12.4 Å². The minimum absolute atomic E-state index is 0.00255. The van der Waals surface area contributed by atoms with Crippen molar-refractivity contribution in [3.63, 3.8) is 0 Å². The van der Waals surface area contributed by atoms with Crippen LogP contribution in [0.15, 0.2) is 54.9 Å². The van der Waals surface area contributed by atoms with Crippen LogP contribution in [0.1, 0.15) is 72.6 Å². The Bertz CT molecular complexity index is 1450. The predicted octanol–water partition coefficient (Wildman–Crippen LogP) is 5.01. The van der Waals surface area contributed by atoms with E-state index in [0.717, 1.165) is 23.4 Å². The molecule has 0 aliphatic heterocycles. The Balaban J connectivity index is 0.000000317. The van der Waals surface area contributed by atoms with Crippen molar-refractivity contribution < 1.29 is 43.6 Å². The lowest BCUT2D eigenvalue weighted by atomic mass is 9.86. The van der Waals surface area contributed by atoms with Crippen molar-refractivity contribution in [1.29, 1.82) is 0 Å². The number of carbonyl (C=O) groups is 4. The van der Waals surface area contributed by atoms with Gasteiger partial charge in [-0.05, 0) is 51.8 Å². The highest BCUT2D eigenvalue weighted by atomic mass is 16.5. The summed E-state index contributed by atoms with van der Waals surface area (Å²) in [7, 11) is 2.55. The van der Waals surface area contributed by atoms with Crippen molar-refractivity contribution in [3.05, 3.63) is 77.4 Å². The molecule has 1 aromatic carbocycles. The average molecular weight is 595 g/mol. The number of nitrogens with zero attached hydrogens (tertiary/aromatic N) is 2. The second-order valence-electron chi connectivity index (χ2n) is 11.1. The van der Waals surface area contributed by atoms with Crippen molar-refractivity contribution in [3.8, 4) is 17.2 Å². The Morgan fingerprint density at radius 1 is 0.767 bits per heavy atom. The van der Waals surface area contributed by atoms with Gasteiger partial charge in [-0.1, -0.05) is 30.3 Å². The molecule has 0 spiro atoms. The highest BCUT2D eigenvalue weighted by molar-refractivity contribution is 6.00. The third kappa shape index (κ3) is 9.91. The molecule has 11 heteroatoms. The van der Waals surface area contributed by atoms with Crippen LogP contribution in [0.2, 0.25) is 0 Å². The number of aromatic hydroxyl groups is 2. The molecule has 230 valence electrons. The molecule has 3 rings (SSSR count). The molecule has 0 unspecified atom stereocenters. The van der Waals surface area contributed by atoms with Gasteiger partial charge in [-0.3, -0.25) is 19.2 Å². The summed E-state index contributed by atoms with van der Waals surface area (Å²) >= 11 is 0. The van der Waals surface area contributed by atoms with Crippen LogP contribution in [-0.4, -0.2) is 57.9 Å². The fourth-order valence-electron chi connectivity index (χ4n) is 3.92. The van der Waals surface area contributed by atoms with E-state index < -0.39 is 34.3 Å². The van der Waals surface area contributed by atoms with Gasteiger partial charge in [0.2, 0.25) is 0 Å². The lowest BCUT2D eigenvalue weighted by Crippen LogP contribution is -2.29. The molecule has 0 atom stereocenters. The number of benzene rings is 1. The minimum atomic E-state index is -1.00. The number of aryl methyl sites for hydroxylation is 1. The van der Waals surface area contributed by atoms with Gasteiger partial charge in [0.25, 0.3) is 0 Å². The van der Waals surface area contributed by atoms with Gasteiger partial charge in [-0.25, -0.2) is 9.97 Å². The fraction of sp³-hybridized carbons (Fsp3) is 0.375. The van der Waals surface area contributed by atoms with E-state index in [-0.39, 0.29) is 35.8 Å². The largest absolute Gasteiger partial charge is 0.506 e. The molecule has 0 amide bonds. The second kappa shape index (κ2) is 14.9. The highest BCUT2D eigenvalue weighted by Gasteiger charge is 2.34. The topological polar surface area (TPSA) is 162 Å². The average Bonchev–Trinajstić information content (AvgIpc) is 2.95. The molecule has 0 fully saturated rings. The summed E-state index contributed by atoms with van der Waals surface area (Å²) in [5.41, 5.74) is 0.0276. The third-order valence-electron chi connectivity index (χ3n) is 6.29. The van der Waals surface area contributed by atoms with Crippen molar-refractivity contribution >= 4 is 23.5 Å². The van der Waals surface area contributed by atoms with Crippen molar-refractivity contribution in [2.24, 2.45) is 10.8 Å². The van der Waals surface area contributed by atoms with E-state index in [1.54, 1.807) is 40.0 Å². The molecular weight excluding hydrogens is 556 g/mol. The Hall–Kier alpha value is -4.80. The zero-order valence-corrected chi connectivity index (χ0v) is 25.5. The number of hydrogen-bond acceptors (Lipinski definition) is 11. The number of aromatic nitrogens is 2. The van der Waals surface area contributed by atoms with Gasteiger partial charge in [0.15, 0.2) is 11.6 Å². The van der Waals surface area contributed by atoms with Crippen molar-refractivity contribution in [1.82, 2.24) is 9.97 Å². The first-order chi connectivity index (χ1) is 20.1. The van der Waals surface area contributed by atoms with Crippen LogP contribution in [0.3, 0.4) is 0 Å². The summed E-state index contributed by atoms with van der Waals surface area (Å²) in [6.07, 6.45) is 2.52. The Morgan fingerprint density at radius 3 is 1.79 bits per heavy atom. The highest BCUT2D eigenvalue weighted by Crippen LogP contribution is 2.29. The monoisotopic (exact) mass is 594 g/mol. The number of carbonyl (C=O) groups excluding carboxylic acids is 4. The van der Waals surface area contributed by atoms with Crippen LogP contribution in [0.5, 0.6) is 17.2 Å². The number of ketones is 2. The zero-order chi connectivity index (χ0) is 32.4. The van der Waals surface area contributed by atoms with Gasteiger partial charge in [-0.15, -0.1) is 0 Å². The minimum Gasteiger partial charge on any atom is -0.506 e. The molecule has 2 N–H and O–H groups in total. The number of hydrogen-bond donors (Lipinski definition) is 2. The maximum absolute atomic E-state index is 12.7. The van der Waals surface area contributed by atoms with Crippen LogP contribution in [0.25, 0.3) is 0 Å². The van der Waals surface area contributed by atoms with Gasteiger partial charge in [0, 0.05) is 25.1 Å². The van der Waals surface area contributed by atoms with Crippen LogP contribution in [-0.2, 0) is 25.7 Å². The summed E-state index contributed by atoms with van der Waals surface area (Å²) in [4.78, 5) is 55.7. The molecule has 0 aliphatic rings. The summed E-state index contributed by atoms with van der Waals surface area (Å²) < 4.78 is 15.2. The number of ether oxygens (including phenoxy) is 3. The number of methoxy groups -OCH3 is 2. The standard InChI is InChI=1S/C20H23NO4.C12H15NO5/c1-14-10-17(25-13-15-8-6-5-7-9-15)18(21-12-14)16(22)11-20(2,3)19(23)24-4;1-12(2,11(17)18-3)5-9(16)10-8(15)4-7(14)6-13-10/h5-10,12H,11,13H2,1-4H3;4,6,14-15H,5H2,1-3H3. The van der Waals surface area contributed by atoms with Gasteiger partial charge in [0.1, 0.15) is 35.2 Å². The number of pyridine rings is 2. The first kappa shape index (κ1) is 34.4. The lowest BCUT2D eigenvalue weighted by molar-refractivity contribution is -0.151. The maximum atomic E-state index is 12.7. The fourth-order valence-corrected chi connectivity index (χ4v) is 3.92. The molecule has 2 heterocycles. The smallest absolute Gasteiger partial charge is 0.311 e. The molecule has 0 saturated heterocycles. The quantitative estimate of drug-likeness (QED) is 0.227.